The molecule has 1 amide bonds. The van der Waals surface area contributed by atoms with Gasteiger partial charge in [-0.2, -0.15) is 5.10 Å². The van der Waals surface area contributed by atoms with Crippen LogP contribution in [0.1, 0.15) is 36.2 Å². The van der Waals surface area contributed by atoms with Gasteiger partial charge in [-0.25, -0.2) is 0 Å². The molecule has 1 heterocycles. The van der Waals surface area contributed by atoms with Gasteiger partial charge in [-0.05, 0) is 31.7 Å². The molecule has 1 fully saturated rings. The van der Waals surface area contributed by atoms with E-state index in [1.54, 1.807) is 24.0 Å². The van der Waals surface area contributed by atoms with E-state index in [2.05, 4.69) is 10.4 Å². The van der Waals surface area contributed by atoms with E-state index in [1.165, 1.54) is 7.11 Å². The molecule has 0 aliphatic heterocycles. The largest absolute Gasteiger partial charge is 0.469 e. The minimum atomic E-state index is -0.151. The molecule has 2 rings (SSSR count). The number of rotatable bonds is 3. The smallest absolute Gasteiger partial charge is 0.308 e. The number of carbonyl (C=O) groups is 2. The van der Waals surface area contributed by atoms with E-state index in [9.17, 15) is 9.59 Å². The monoisotopic (exact) mass is 265 g/mol. The van der Waals surface area contributed by atoms with E-state index in [1.807, 2.05) is 0 Å². The molecular weight excluding hydrogens is 246 g/mol. The van der Waals surface area contributed by atoms with E-state index in [0.29, 0.717) is 5.69 Å². The van der Waals surface area contributed by atoms with Crippen molar-refractivity contribution < 1.29 is 14.3 Å². The van der Waals surface area contributed by atoms with E-state index < -0.39 is 0 Å². The summed E-state index contributed by atoms with van der Waals surface area (Å²) in [6.45, 7) is 0. The molecule has 0 radical (unpaired) electrons. The molecule has 0 unspecified atom stereocenters. The van der Waals surface area contributed by atoms with Crippen LogP contribution in [0.15, 0.2) is 12.3 Å². The standard InChI is InChI=1S/C13H19N3O3/c1-16-8-7-11(15-16)12(17)14-10-5-3-9(4-6-10)13(18)19-2/h7-10H,3-6H2,1-2H3,(H,14,17). The number of ether oxygens (including phenoxy) is 1. The summed E-state index contributed by atoms with van der Waals surface area (Å²) in [5.74, 6) is -0.315. The summed E-state index contributed by atoms with van der Waals surface area (Å²) in [5, 5.41) is 7.02. The average molecular weight is 265 g/mol. The van der Waals surface area contributed by atoms with Gasteiger partial charge in [-0.15, -0.1) is 0 Å². The van der Waals surface area contributed by atoms with Crippen LogP contribution < -0.4 is 5.32 Å². The van der Waals surface area contributed by atoms with E-state index in [4.69, 9.17) is 4.74 Å². The quantitative estimate of drug-likeness (QED) is 0.823. The maximum Gasteiger partial charge on any atom is 0.308 e. The molecule has 0 bridgehead atoms. The molecule has 104 valence electrons. The topological polar surface area (TPSA) is 73.2 Å². The number of hydrogen-bond donors (Lipinski definition) is 1. The molecule has 1 aliphatic rings. The number of methoxy groups -OCH3 is 1. The van der Waals surface area contributed by atoms with Crippen LogP contribution in [0.5, 0.6) is 0 Å². The highest BCUT2D eigenvalue weighted by Gasteiger charge is 2.28. The predicted molar refractivity (Wildman–Crippen MR) is 68.4 cm³/mol. The minimum absolute atomic E-state index is 0.0204. The molecule has 0 saturated heterocycles. The normalized spacial score (nSPS) is 22.8. The van der Waals surface area contributed by atoms with Crippen molar-refractivity contribution in [1.82, 2.24) is 15.1 Å². The first-order valence-electron chi connectivity index (χ1n) is 6.48. The van der Waals surface area contributed by atoms with E-state index in [-0.39, 0.29) is 23.8 Å². The second-order valence-corrected chi connectivity index (χ2v) is 4.92. The Balaban J connectivity index is 1.82. The highest BCUT2D eigenvalue weighted by atomic mass is 16.5. The zero-order valence-corrected chi connectivity index (χ0v) is 11.3. The van der Waals surface area contributed by atoms with Crippen molar-refractivity contribution in [1.29, 1.82) is 0 Å². The summed E-state index contributed by atoms with van der Waals surface area (Å²) in [5.41, 5.74) is 0.428. The van der Waals surface area contributed by atoms with Crippen molar-refractivity contribution in [2.24, 2.45) is 13.0 Å². The summed E-state index contributed by atoms with van der Waals surface area (Å²) in [6.07, 6.45) is 4.87. The number of aryl methyl sites for hydroxylation is 1. The fourth-order valence-corrected chi connectivity index (χ4v) is 2.44. The first-order valence-corrected chi connectivity index (χ1v) is 6.48. The minimum Gasteiger partial charge on any atom is -0.469 e. The third kappa shape index (κ3) is 3.33. The number of aromatic nitrogens is 2. The maximum atomic E-state index is 11.9. The van der Waals surface area contributed by atoms with Gasteiger partial charge >= 0.3 is 5.97 Å². The summed E-state index contributed by atoms with van der Waals surface area (Å²) in [4.78, 5) is 23.3. The van der Waals surface area contributed by atoms with Gasteiger partial charge in [0.25, 0.3) is 5.91 Å². The fourth-order valence-electron chi connectivity index (χ4n) is 2.44. The van der Waals surface area contributed by atoms with Crippen LogP contribution in [0.3, 0.4) is 0 Å². The average Bonchev–Trinajstić information content (AvgIpc) is 2.85. The Hall–Kier alpha value is -1.85. The molecule has 1 aromatic rings. The lowest BCUT2D eigenvalue weighted by Crippen LogP contribution is -2.39. The molecule has 1 saturated carbocycles. The van der Waals surface area contributed by atoms with Gasteiger partial charge in [0, 0.05) is 19.3 Å². The van der Waals surface area contributed by atoms with E-state index >= 15 is 0 Å². The zero-order chi connectivity index (χ0) is 13.8. The summed E-state index contributed by atoms with van der Waals surface area (Å²) in [7, 11) is 3.19. The van der Waals surface area contributed by atoms with Crippen LogP contribution in [0.2, 0.25) is 0 Å². The van der Waals surface area contributed by atoms with Crippen LogP contribution in [-0.4, -0.2) is 34.8 Å². The Bertz CT molecular complexity index is 461. The molecule has 0 aromatic carbocycles. The number of nitrogens with zero attached hydrogens (tertiary/aromatic N) is 2. The van der Waals surface area contributed by atoms with Crippen LogP contribution in [-0.2, 0) is 16.6 Å². The van der Waals surface area contributed by atoms with Crippen LogP contribution in [0, 0.1) is 5.92 Å². The van der Waals surface area contributed by atoms with Gasteiger partial charge in [-0.3, -0.25) is 14.3 Å². The highest BCUT2D eigenvalue weighted by Crippen LogP contribution is 2.25. The third-order valence-electron chi connectivity index (χ3n) is 3.54. The lowest BCUT2D eigenvalue weighted by molar-refractivity contribution is -0.146. The van der Waals surface area contributed by atoms with Crippen molar-refractivity contribution in [3.05, 3.63) is 18.0 Å². The van der Waals surface area contributed by atoms with Gasteiger partial charge in [0.05, 0.1) is 13.0 Å². The Morgan fingerprint density at radius 3 is 2.58 bits per heavy atom. The lowest BCUT2D eigenvalue weighted by Gasteiger charge is -2.27. The number of hydrogen-bond acceptors (Lipinski definition) is 4. The van der Waals surface area contributed by atoms with Crippen molar-refractivity contribution in [2.45, 2.75) is 31.7 Å². The van der Waals surface area contributed by atoms with E-state index in [0.717, 1.165) is 25.7 Å². The second-order valence-electron chi connectivity index (χ2n) is 4.92. The van der Waals surface area contributed by atoms with Gasteiger partial charge in [-0.1, -0.05) is 0 Å². The second kappa shape index (κ2) is 5.86. The van der Waals surface area contributed by atoms with Gasteiger partial charge in [0.15, 0.2) is 0 Å². The first-order chi connectivity index (χ1) is 9.10. The first kappa shape index (κ1) is 13.6. The number of esters is 1. The van der Waals surface area contributed by atoms with Crippen molar-refractivity contribution in [3.63, 3.8) is 0 Å². The third-order valence-corrected chi connectivity index (χ3v) is 3.54. The number of nitrogens with one attached hydrogen (secondary N) is 1. The van der Waals surface area contributed by atoms with Gasteiger partial charge < -0.3 is 10.1 Å². The van der Waals surface area contributed by atoms with Gasteiger partial charge in [0.2, 0.25) is 0 Å². The molecular formula is C13H19N3O3. The maximum absolute atomic E-state index is 11.9. The zero-order valence-electron chi connectivity index (χ0n) is 11.3. The Labute approximate surface area is 112 Å². The Kier molecular flexibility index (Phi) is 4.19. The molecule has 1 N–H and O–H groups in total. The molecule has 0 spiro atoms. The lowest BCUT2D eigenvalue weighted by atomic mass is 9.86. The fraction of sp³-hybridized carbons (Fsp3) is 0.615. The van der Waals surface area contributed by atoms with Crippen molar-refractivity contribution in [2.75, 3.05) is 7.11 Å². The summed E-state index contributed by atoms with van der Waals surface area (Å²) in [6, 6.07) is 1.81. The SMILES string of the molecule is COC(=O)C1CCC(NC(=O)c2ccn(C)n2)CC1. The molecule has 19 heavy (non-hydrogen) atoms. The number of amides is 1. The number of carbonyl (C=O) groups excluding carboxylic acids is 2. The van der Waals surface area contributed by atoms with Crippen LogP contribution in [0.4, 0.5) is 0 Å². The molecule has 1 aliphatic carbocycles. The summed E-state index contributed by atoms with van der Waals surface area (Å²) >= 11 is 0. The highest BCUT2D eigenvalue weighted by molar-refractivity contribution is 5.92. The molecule has 1 aromatic heterocycles. The predicted octanol–water partition coefficient (Wildman–Crippen LogP) is 0.882. The van der Waals surface area contributed by atoms with Crippen molar-refractivity contribution in [3.8, 4) is 0 Å². The Morgan fingerprint density at radius 2 is 2.05 bits per heavy atom. The van der Waals surface area contributed by atoms with Crippen molar-refractivity contribution >= 4 is 11.9 Å². The molecule has 6 heteroatoms. The summed E-state index contributed by atoms with van der Waals surface area (Å²) < 4.78 is 6.34. The van der Waals surface area contributed by atoms with Crippen LogP contribution >= 0.6 is 0 Å². The van der Waals surface area contributed by atoms with Gasteiger partial charge in [0.1, 0.15) is 5.69 Å². The van der Waals surface area contributed by atoms with Crippen LogP contribution in [0.25, 0.3) is 0 Å². The molecule has 6 nitrogen and oxygen atoms in total. The Morgan fingerprint density at radius 1 is 1.37 bits per heavy atom. The molecule has 0 atom stereocenters.